The third-order valence-corrected chi connectivity index (χ3v) is 5.76. The Morgan fingerprint density at radius 1 is 1.26 bits per heavy atom. The molecule has 3 aromatic heterocycles. The lowest BCUT2D eigenvalue weighted by Gasteiger charge is -2.36. The van der Waals surface area contributed by atoms with Gasteiger partial charge in [0.15, 0.2) is 11.2 Å². The molecular formula is C22H26F2N6O4. The van der Waals surface area contributed by atoms with Crippen molar-refractivity contribution in [2.24, 2.45) is 5.41 Å². The molecule has 182 valence electrons. The number of fused-ring (bicyclic) bond motifs is 1. The third kappa shape index (κ3) is 4.44. The van der Waals surface area contributed by atoms with E-state index in [9.17, 15) is 18.7 Å². The molecule has 0 aliphatic carbocycles. The van der Waals surface area contributed by atoms with Gasteiger partial charge in [0.25, 0.3) is 0 Å². The summed E-state index contributed by atoms with van der Waals surface area (Å²) < 4.78 is 37.3. The van der Waals surface area contributed by atoms with E-state index in [0.29, 0.717) is 42.1 Å². The Labute approximate surface area is 194 Å². The lowest BCUT2D eigenvalue weighted by molar-refractivity contribution is -0.0528. The van der Waals surface area contributed by atoms with Gasteiger partial charge in [-0.05, 0) is 18.4 Å². The van der Waals surface area contributed by atoms with Gasteiger partial charge in [-0.3, -0.25) is 0 Å². The molecule has 0 spiro atoms. The Balaban J connectivity index is 1.70. The van der Waals surface area contributed by atoms with Crippen molar-refractivity contribution in [1.82, 2.24) is 29.4 Å². The van der Waals surface area contributed by atoms with Crippen LogP contribution in [0.15, 0.2) is 24.7 Å². The van der Waals surface area contributed by atoms with Gasteiger partial charge < -0.3 is 24.0 Å². The van der Waals surface area contributed by atoms with Crippen molar-refractivity contribution in [3.8, 4) is 23.1 Å². The van der Waals surface area contributed by atoms with Crippen molar-refractivity contribution in [1.29, 1.82) is 0 Å². The van der Waals surface area contributed by atoms with Crippen LogP contribution in [0.2, 0.25) is 0 Å². The van der Waals surface area contributed by atoms with Crippen LogP contribution in [-0.2, 0) is 6.54 Å². The van der Waals surface area contributed by atoms with Gasteiger partial charge >= 0.3 is 12.7 Å². The molecule has 0 aromatic carbocycles. The number of hydrogen-bond acceptors (Lipinski definition) is 7. The second-order valence-corrected chi connectivity index (χ2v) is 9.03. The molecule has 1 saturated heterocycles. The van der Waals surface area contributed by atoms with E-state index in [1.165, 1.54) is 23.5 Å². The third-order valence-electron chi connectivity index (χ3n) is 5.76. The zero-order valence-corrected chi connectivity index (χ0v) is 19.3. The first-order chi connectivity index (χ1) is 16.1. The standard InChI is InChI=1S/C22H26F2N6O4/c1-5-29-17(12-6-7-14(25-10-12)34-20(23)24)28-15-18(29)26-11-27-19(15)33-13-8-9-30(21(31)32)16(13)22(2,3)4/h6-7,10-11,13,16,20H,5,8-9H2,1-4H3,(H,31,32). The molecule has 34 heavy (non-hydrogen) atoms. The predicted octanol–water partition coefficient (Wildman–Crippen LogP) is 4.06. The SMILES string of the molecule is CCn1c(-c2ccc(OC(F)F)nc2)nc2c(OC3CCN(C(=O)O)C3C(C)(C)C)ncnc21. The summed E-state index contributed by atoms with van der Waals surface area (Å²) in [6, 6.07) is 2.56. The van der Waals surface area contributed by atoms with E-state index >= 15 is 0 Å². The summed E-state index contributed by atoms with van der Waals surface area (Å²) >= 11 is 0. The van der Waals surface area contributed by atoms with E-state index in [-0.39, 0.29) is 23.2 Å². The van der Waals surface area contributed by atoms with E-state index in [0.717, 1.165) is 0 Å². The zero-order chi connectivity index (χ0) is 24.6. The fraction of sp³-hybridized carbons (Fsp3) is 0.500. The molecule has 3 aromatic rings. The molecule has 0 saturated carbocycles. The van der Waals surface area contributed by atoms with Crippen LogP contribution >= 0.6 is 0 Å². The minimum Gasteiger partial charge on any atom is -0.470 e. The van der Waals surface area contributed by atoms with E-state index < -0.39 is 18.8 Å². The quantitative estimate of drug-likeness (QED) is 0.566. The van der Waals surface area contributed by atoms with Gasteiger partial charge in [-0.15, -0.1) is 0 Å². The first-order valence-corrected chi connectivity index (χ1v) is 10.9. The topological polar surface area (TPSA) is 115 Å². The molecule has 0 bridgehead atoms. The van der Waals surface area contributed by atoms with Gasteiger partial charge in [0.2, 0.25) is 11.8 Å². The highest BCUT2D eigenvalue weighted by Gasteiger charge is 2.46. The highest BCUT2D eigenvalue weighted by atomic mass is 19.3. The summed E-state index contributed by atoms with van der Waals surface area (Å²) in [5.74, 6) is 0.583. The van der Waals surface area contributed by atoms with Crippen molar-refractivity contribution in [2.45, 2.75) is 59.4 Å². The fourth-order valence-electron chi connectivity index (χ4n) is 4.47. The van der Waals surface area contributed by atoms with Crippen LogP contribution in [0.1, 0.15) is 34.1 Å². The molecule has 0 radical (unpaired) electrons. The molecule has 2 atom stereocenters. The van der Waals surface area contributed by atoms with Crippen LogP contribution in [0.25, 0.3) is 22.6 Å². The van der Waals surface area contributed by atoms with Crippen LogP contribution in [-0.4, -0.2) is 65.9 Å². The van der Waals surface area contributed by atoms with Crippen molar-refractivity contribution < 1.29 is 28.2 Å². The number of hydrogen-bond donors (Lipinski definition) is 1. The molecule has 4 heterocycles. The van der Waals surface area contributed by atoms with Crippen LogP contribution in [0.4, 0.5) is 13.6 Å². The number of nitrogens with zero attached hydrogens (tertiary/aromatic N) is 6. The summed E-state index contributed by atoms with van der Waals surface area (Å²) in [6.45, 7) is 5.78. The summed E-state index contributed by atoms with van der Waals surface area (Å²) in [6.07, 6.45) is 1.91. The fourth-order valence-corrected chi connectivity index (χ4v) is 4.47. The maximum Gasteiger partial charge on any atom is 0.407 e. The molecule has 1 N–H and O–H groups in total. The van der Waals surface area contributed by atoms with Gasteiger partial charge in [0.1, 0.15) is 18.3 Å². The number of pyridine rings is 1. The molecule has 10 nitrogen and oxygen atoms in total. The minimum atomic E-state index is -2.96. The molecule has 1 fully saturated rings. The van der Waals surface area contributed by atoms with Gasteiger partial charge in [0.05, 0.1) is 6.04 Å². The molecule has 12 heteroatoms. The summed E-state index contributed by atoms with van der Waals surface area (Å²) in [7, 11) is 0. The molecule has 4 rings (SSSR count). The monoisotopic (exact) mass is 476 g/mol. The Kier molecular flexibility index (Phi) is 6.24. The Morgan fingerprint density at radius 2 is 2.03 bits per heavy atom. The first-order valence-electron chi connectivity index (χ1n) is 10.9. The lowest BCUT2D eigenvalue weighted by atomic mass is 9.84. The number of amides is 1. The zero-order valence-electron chi connectivity index (χ0n) is 19.3. The number of aromatic nitrogens is 5. The Morgan fingerprint density at radius 3 is 2.62 bits per heavy atom. The Hall–Kier alpha value is -3.57. The molecule has 1 aliphatic rings. The highest BCUT2D eigenvalue weighted by molar-refractivity contribution is 5.81. The van der Waals surface area contributed by atoms with Crippen LogP contribution in [0, 0.1) is 5.41 Å². The summed E-state index contributed by atoms with van der Waals surface area (Å²) in [5, 5.41) is 9.64. The largest absolute Gasteiger partial charge is 0.470 e. The molecular weight excluding hydrogens is 450 g/mol. The highest BCUT2D eigenvalue weighted by Crippen LogP contribution is 2.36. The number of aryl methyl sites for hydroxylation is 1. The number of alkyl halides is 2. The summed E-state index contributed by atoms with van der Waals surface area (Å²) in [4.78, 5) is 30.4. The number of halogens is 2. The van der Waals surface area contributed by atoms with Gasteiger partial charge in [-0.1, -0.05) is 20.8 Å². The molecule has 1 amide bonds. The van der Waals surface area contributed by atoms with E-state index in [2.05, 4.69) is 24.7 Å². The van der Waals surface area contributed by atoms with Crippen molar-refractivity contribution in [2.75, 3.05) is 6.54 Å². The summed E-state index contributed by atoms with van der Waals surface area (Å²) in [5.41, 5.74) is 1.19. The van der Waals surface area contributed by atoms with Crippen LogP contribution in [0.5, 0.6) is 11.8 Å². The maximum absolute atomic E-state index is 12.4. The van der Waals surface area contributed by atoms with Crippen LogP contribution in [0.3, 0.4) is 0 Å². The lowest BCUT2D eigenvalue weighted by Crippen LogP contribution is -2.48. The average molecular weight is 476 g/mol. The number of imidazole rings is 1. The van der Waals surface area contributed by atoms with Gasteiger partial charge in [-0.2, -0.15) is 13.8 Å². The number of rotatable bonds is 6. The second kappa shape index (κ2) is 8.99. The van der Waals surface area contributed by atoms with Crippen molar-refractivity contribution in [3.63, 3.8) is 0 Å². The van der Waals surface area contributed by atoms with Gasteiger partial charge in [0, 0.05) is 37.3 Å². The second-order valence-electron chi connectivity index (χ2n) is 9.03. The number of ether oxygens (including phenoxy) is 2. The van der Waals surface area contributed by atoms with E-state index in [4.69, 9.17) is 4.74 Å². The van der Waals surface area contributed by atoms with Crippen molar-refractivity contribution in [3.05, 3.63) is 24.7 Å². The van der Waals surface area contributed by atoms with E-state index in [1.54, 1.807) is 6.07 Å². The smallest absolute Gasteiger partial charge is 0.407 e. The first kappa shape index (κ1) is 23.6. The van der Waals surface area contributed by atoms with Crippen molar-refractivity contribution >= 4 is 17.3 Å². The predicted molar refractivity (Wildman–Crippen MR) is 118 cm³/mol. The molecule has 1 aliphatic heterocycles. The Bertz CT molecular complexity index is 1180. The van der Waals surface area contributed by atoms with E-state index in [1.807, 2.05) is 32.3 Å². The van der Waals surface area contributed by atoms with Gasteiger partial charge in [-0.25, -0.2) is 19.7 Å². The van der Waals surface area contributed by atoms with Crippen LogP contribution < -0.4 is 9.47 Å². The number of likely N-dealkylation sites (tertiary alicyclic amines) is 1. The minimum absolute atomic E-state index is 0.195. The number of carbonyl (C=O) groups is 1. The molecule has 2 unspecified atom stereocenters. The number of carboxylic acid groups (broad SMARTS) is 1. The maximum atomic E-state index is 12.4. The normalized spacial score (nSPS) is 18.6. The average Bonchev–Trinajstić information content (AvgIpc) is 3.36.